The second kappa shape index (κ2) is 5.64. The van der Waals surface area contributed by atoms with Crippen molar-refractivity contribution in [3.63, 3.8) is 0 Å². The summed E-state index contributed by atoms with van der Waals surface area (Å²) >= 11 is 0. The average molecular weight is 274 g/mol. The number of anilines is 2. The van der Waals surface area contributed by atoms with Gasteiger partial charge in [0.1, 0.15) is 11.6 Å². The first-order valence-electron chi connectivity index (χ1n) is 6.31. The molecule has 2 rings (SSSR count). The average Bonchev–Trinajstić information content (AvgIpc) is 2.86. The van der Waals surface area contributed by atoms with Crippen LogP contribution in [0.15, 0.2) is 30.5 Å². The van der Waals surface area contributed by atoms with Crippen molar-refractivity contribution in [3.05, 3.63) is 36.0 Å². The largest absolute Gasteiger partial charge is 0.495 e. The molecule has 1 amide bonds. The number of carbonyl (C=O) groups is 1. The Morgan fingerprint density at radius 2 is 2.15 bits per heavy atom. The molecule has 0 atom stereocenters. The van der Waals surface area contributed by atoms with Crippen LogP contribution in [0.3, 0.4) is 0 Å². The van der Waals surface area contributed by atoms with Gasteiger partial charge in [0.05, 0.1) is 19.0 Å². The van der Waals surface area contributed by atoms with Gasteiger partial charge in [-0.1, -0.05) is 0 Å². The highest BCUT2D eigenvalue weighted by Crippen LogP contribution is 2.22. The molecule has 0 aliphatic carbocycles. The van der Waals surface area contributed by atoms with Gasteiger partial charge >= 0.3 is 0 Å². The number of benzene rings is 1. The van der Waals surface area contributed by atoms with Crippen LogP contribution >= 0.6 is 0 Å². The van der Waals surface area contributed by atoms with Crippen molar-refractivity contribution in [2.75, 3.05) is 18.2 Å². The zero-order valence-corrected chi connectivity index (χ0v) is 11.8. The van der Waals surface area contributed by atoms with Gasteiger partial charge in [-0.3, -0.25) is 4.79 Å². The number of hydrogen-bond acceptors (Lipinski definition) is 4. The van der Waals surface area contributed by atoms with Gasteiger partial charge in [0.2, 0.25) is 0 Å². The Bertz CT molecular complexity index is 619. The molecule has 0 unspecified atom stereocenters. The molecule has 1 aromatic carbocycles. The van der Waals surface area contributed by atoms with Gasteiger partial charge in [0, 0.05) is 17.7 Å². The molecule has 0 radical (unpaired) electrons. The molecule has 0 aliphatic rings. The number of hydrogen-bond donors (Lipinski definition) is 2. The van der Waals surface area contributed by atoms with E-state index in [0.29, 0.717) is 22.8 Å². The standard InChI is InChI=1S/C14H18N4O2/c1-9(2)18-13(6-7-16-18)17-14(19)10-4-5-12(20-3)11(15)8-10/h4-9H,15H2,1-3H3,(H,17,19). The highest BCUT2D eigenvalue weighted by Gasteiger charge is 2.12. The van der Waals surface area contributed by atoms with E-state index in [-0.39, 0.29) is 11.9 Å². The van der Waals surface area contributed by atoms with E-state index < -0.39 is 0 Å². The lowest BCUT2D eigenvalue weighted by molar-refractivity contribution is 0.102. The number of rotatable bonds is 4. The number of carbonyl (C=O) groups excluding carboxylic acids is 1. The van der Waals surface area contributed by atoms with Gasteiger partial charge < -0.3 is 15.8 Å². The molecule has 20 heavy (non-hydrogen) atoms. The summed E-state index contributed by atoms with van der Waals surface area (Å²) in [5.74, 6) is 0.968. The molecule has 106 valence electrons. The predicted molar refractivity (Wildman–Crippen MR) is 78.0 cm³/mol. The van der Waals surface area contributed by atoms with Crippen LogP contribution in [0.1, 0.15) is 30.2 Å². The molecule has 0 bridgehead atoms. The van der Waals surface area contributed by atoms with Crippen LogP contribution in [0.25, 0.3) is 0 Å². The van der Waals surface area contributed by atoms with Gasteiger partial charge in [-0.2, -0.15) is 5.10 Å². The van der Waals surface area contributed by atoms with Crippen molar-refractivity contribution in [2.24, 2.45) is 0 Å². The summed E-state index contributed by atoms with van der Waals surface area (Å²) in [6.07, 6.45) is 1.65. The Hall–Kier alpha value is -2.50. The maximum atomic E-state index is 12.2. The van der Waals surface area contributed by atoms with Crippen LogP contribution in [0.5, 0.6) is 5.75 Å². The monoisotopic (exact) mass is 274 g/mol. The molecule has 0 saturated heterocycles. The van der Waals surface area contributed by atoms with Crippen molar-refractivity contribution in [3.8, 4) is 5.75 Å². The molecule has 1 aromatic heterocycles. The van der Waals surface area contributed by atoms with Crippen LogP contribution in [-0.2, 0) is 0 Å². The first-order valence-corrected chi connectivity index (χ1v) is 6.31. The molecule has 2 aromatic rings. The molecule has 3 N–H and O–H groups in total. The molecular weight excluding hydrogens is 256 g/mol. The lowest BCUT2D eigenvalue weighted by atomic mass is 10.2. The Labute approximate surface area is 117 Å². The minimum atomic E-state index is -0.234. The fourth-order valence-corrected chi connectivity index (χ4v) is 1.89. The SMILES string of the molecule is COc1ccc(C(=O)Nc2ccnn2C(C)C)cc1N. The smallest absolute Gasteiger partial charge is 0.256 e. The molecular formula is C14H18N4O2. The Kier molecular flexibility index (Phi) is 3.93. The number of nitrogens with two attached hydrogens (primary N) is 1. The van der Waals surface area contributed by atoms with E-state index in [0.717, 1.165) is 0 Å². The molecule has 0 aliphatic heterocycles. The highest BCUT2D eigenvalue weighted by atomic mass is 16.5. The zero-order chi connectivity index (χ0) is 14.7. The van der Waals surface area contributed by atoms with Crippen LogP contribution in [0.4, 0.5) is 11.5 Å². The minimum Gasteiger partial charge on any atom is -0.495 e. The number of nitrogen functional groups attached to an aromatic ring is 1. The molecule has 0 saturated carbocycles. The van der Waals surface area contributed by atoms with E-state index in [4.69, 9.17) is 10.5 Å². The van der Waals surface area contributed by atoms with Crippen molar-refractivity contribution in [1.29, 1.82) is 0 Å². The second-order valence-electron chi connectivity index (χ2n) is 4.67. The summed E-state index contributed by atoms with van der Waals surface area (Å²) in [4.78, 5) is 12.2. The van der Waals surface area contributed by atoms with Gasteiger partial charge in [-0.25, -0.2) is 4.68 Å². The molecule has 0 fully saturated rings. The van der Waals surface area contributed by atoms with Gasteiger partial charge in [0.25, 0.3) is 5.91 Å². The van der Waals surface area contributed by atoms with Crippen LogP contribution in [-0.4, -0.2) is 22.8 Å². The topological polar surface area (TPSA) is 82.2 Å². The van der Waals surface area contributed by atoms with Gasteiger partial charge in [0.15, 0.2) is 0 Å². The minimum absolute atomic E-state index is 0.168. The predicted octanol–water partition coefficient (Wildman–Crippen LogP) is 2.31. The summed E-state index contributed by atoms with van der Waals surface area (Å²) in [5, 5.41) is 6.98. The van der Waals surface area contributed by atoms with Gasteiger partial charge in [-0.05, 0) is 32.0 Å². The fraction of sp³-hybridized carbons (Fsp3) is 0.286. The molecule has 1 heterocycles. The van der Waals surface area contributed by atoms with E-state index in [1.807, 2.05) is 13.8 Å². The molecule has 0 spiro atoms. The number of nitrogens with zero attached hydrogens (tertiary/aromatic N) is 2. The van der Waals surface area contributed by atoms with E-state index in [1.54, 1.807) is 35.1 Å². The first-order chi connectivity index (χ1) is 9.52. The summed E-state index contributed by atoms with van der Waals surface area (Å²) < 4.78 is 6.81. The van der Waals surface area contributed by atoms with E-state index in [1.165, 1.54) is 7.11 Å². The number of methoxy groups -OCH3 is 1. The third-order valence-corrected chi connectivity index (χ3v) is 2.89. The normalized spacial score (nSPS) is 10.6. The lowest BCUT2D eigenvalue weighted by Crippen LogP contribution is -2.17. The first kappa shape index (κ1) is 13.9. The molecule has 6 nitrogen and oxygen atoms in total. The van der Waals surface area contributed by atoms with E-state index in [9.17, 15) is 4.79 Å². The summed E-state index contributed by atoms with van der Waals surface area (Å²) in [6, 6.07) is 6.85. The van der Waals surface area contributed by atoms with E-state index >= 15 is 0 Å². The summed E-state index contributed by atoms with van der Waals surface area (Å²) in [5.41, 5.74) is 6.70. The second-order valence-corrected chi connectivity index (χ2v) is 4.67. The zero-order valence-electron chi connectivity index (χ0n) is 11.8. The number of amides is 1. The van der Waals surface area contributed by atoms with Gasteiger partial charge in [-0.15, -0.1) is 0 Å². The van der Waals surface area contributed by atoms with Crippen molar-refractivity contribution in [2.45, 2.75) is 19.9 Å². The van der Waals surface area contributed by atoms with Crippen molar-refractivity contribution < 1.29 is 9.53 Å². The van der Waals surface area contributed by atoms with Crippen LogP contribution < -0.4 is 15.8 Å². The molecule has 6 heteroatoms. The quantitative estimate of drug-likeness (QED) is 0.838. The van der Waals surface area contributed by atoms with Crippen LogP contribution in [0, 0.1) is 0 Å². The Morgan fingerprint density at radius 1 is 1.40 bits per heavy atom. The third-order valence-electron chi connectivity index (χ3n) is 2.89. The lowest BCUT2D eigenvalue weighted by Gasteiger charge is -2.12. The number of nitrogens with one attached hydrogen (secondary N) is 1. The summed E-state index contributed by atoms with van der Waals surface area (Å²) in [7, 11) is 1.53. The maximum Gasteiger partial charge on any atom is 0.256 e. The summed E-state index contributed by atoms with van der Waals surface area (Å²) in [6.45, 7) is 3.99. The van der Waals surface area contributed by atoms with Crippen molar-refractivity contribution >= 4 is 17.4 Å². The fourth-order valence-electron chi connectivity index (χ4n) is 1.89. The number of ether oxygens (including phenoxy) is 1. The maximum absolute atomic E-state index is 12.2. The Balaban J connectivity index is 2.20. The Morgan fingerprint density at radius 3 is 2.75 bits per heavy atom. The third kappa shape index (κ3) is 2.74. The van der Waals surface area contributed by atoms with Crippen LogP contribution in [0.2, 0.25) is 0 Å². The highest BCUT2D eigenvalue weighted by molar-refractivity contribution is 6.04. The number of aromatic nitrogens is 2. The van der Waals surface area contributed by atoms with Crippen molar-refractivity contribution in [1.82, 2.24) is 9.78 Å². The van der Waals surface area contributed by atoms with E-state index in [2.05, 4.69) is 10.4 Å².